The maximum absolute atomic E-state index is 12.9. The molecule has 1 atom stereocenters. The first-order valence-electron chi connectivity index (χ1n) is 10.0. The van der Waals surface area contributed by atoms with Crippen molar-refractivity contribution in [2.45, 2.75) is 33.1 Å². The van der Waals surface area contributed by atoms with E-state index in [1.54, 1.807) is 12.4 Å². The molecule has 2 amide bonds. The minimum Gasteiger partial charge on any atom is -0.345 e. The predicted molar refractivity (Wildman–Crippen MR) is 115 cm³/mol. The Morgan fingerprint density at radius 2 is 2.07 bits per heavy atom. The van der Waals surface area contributed by atoms with Gasteiger partial charge in [0, 0.05) is 37.4 Å². The number of likely N-dealkylation sites (tertiary alicyclic amines) is 1. The van der Waals surface area contributed by atoms with Crippen LogP contribution in [-0.4, -0.2) is 64.8 Å². The van der Waals surface area contributed by atoms with Crippen molar-refractivity contribution in [3.05, 3.63) is 40.7 Å². The fraction of sp³-hybridized carbons (Fsp3) is 0.524. The molecular formula is C21H29N5O2S. The van der Waals surface area contributed by atoms with Crippen molar-refractivity contribution in [2.24, 2.45) is 5.92 Å². The van der Waals surface area contributed by atoms with Crippen LogP contribution in [0.15, 0.2) is 24.5 Å². The van der Waals surface area contributed by atoms with E-state index in [-0.39, 0.29) is 17.7 Å². The van der Waals surface area contributed by atoms with Crippen LogP contribution in [0.3, 0.4) is 0 Å². The minimum absolute atomic E-state index is 0.0525. The Hall–Kier alpha value is -2.32. The van der Waals surface area contributed by atoms with Gasteiger partial charge in [-0.2, -0.15) is 0 Å². The summed E-state index contributed by atoms with van der Waals surface area (Å²) in [6, 6.07) is 3.95. The monoisotopic (exact) mass is 415 g/mol. The van der Waals surface area contributed by atoms with Gasteiger partial charge in [-0.3, -0.25) is 19.5 Å². The lowest BCUT2D eigenvalue weighted by atomic mass is 9.96. The van der Waals surface area contributed by atoms with Gasteiger partial charge in [-0.15, -0.1) is 11.3 Å². The molecule has 1 aliphatic rings. The molecule has 3 rings (SSSR count). The number of amides is 2. The highest BCUT2D eigenvalue weighted by molar-refractivity contribution is 7.15. The predicted octanol–water partition coefficient (Wildman–Crippen LogP) is 2.51. The second-order valence-electron chi connectivity index (χ2n) is 7.65. The Labute approximate surface area is 176 Å². The molecule has 1 saturated heterocycles. The number of aryl methyl sites for hydroxylation is 2. The third-order valence-electron chi connectivity index (χ3n) is 5.36. The molecule has 1 N–H and O–H groups in total. The van der Waals surface area contributed by atoms with Crippen molar-refractivity contribution in [1.82, 2.24) is 19.8 Å². The van der Waals surface area contributed by atoms with Gasteiger partial charge in [0.25, 0.3) is 0 Å². The van der Waals surface area contributed by atoms with Crippen LogP contribution >= 0.6 is 11.3 Å². The SMILES string of the molecule is Cc1nc(NC(=O)CN2CCCC(C(=O)N(C)CCc3ccncc3)C2)sc1C. The molecule has 2 aromatic rings. The number of aromatic nitrogens is 2. The van der Waals surface area contributed by atoms with Gasteiger partial charge >= 0.3 is 0 Å². The van der Waals surface area contributed by atoms with E-state index in [0.717, 1.165) is 36.4 Å². The fourth-order valence-corrected chi connectivity index (χ4v) is 4.39. The van der Waals surface area contributed by atoms with Crippen LogP contribution in [0.2, 0.25) is 0 Å². The van der Waals surface area contributed by atoms with E-state index in [4.69, 9.17) is 0 Å². The number of pyridine rings is 1. The number of carbonyl (C=O) groups excluding carboxylic acids is 2. The van der Waals surface area contributed by atoms with E-state index in [1.165, 1.54) is 16.9 Å². The quantitative estimate of drug-likeness (QED) is 0.752. The van der Waals surface area contributed by atoms with Crippen molar-refractivity contribution in [3.63, 3.8) is 0 Å². The van der Waals surface area contributed by atoms with Crippen molar-refractivity contribution >= 4 is 28.3 Å². The number of rotatable bonds is 7. The summed E-state index contributed by atoms with van der Waals surface area (Å²) in [5, 5.41) is 3.53. The van der Waals surface area contributed by atoms with Gasteiger partial charge in [0.15, 0.2) is 5.13 Å². The summed E-state index contributed by atoms with van der Waals surface area (Å²) in [6.45, 7) is 6.38. The third kappa shape index (κ3) is 6.08. The van der Waals surface area contributed by atoms with Crippen molar-refractivity contribution in [2.75, 3.05) is 38.5 Å². The Balaban J connectivity index is 1.47. The Bertz CT molecular complexity index is 819. The number of hydrogen-bond acceptors (Lipinski definition) is 6. The number of carbonyl (C=O) groups is 2. The molecule has 7 nitrogen and oxygen atoms in total. The minimum atomic E-state index is -0.0714. The summed E-state index contributed by atoms with van der Waals surface area (Å²) in [7, 11) is 1.86. The lowest BCUT2D eigenvalue weighted by Gasteiger charge is -2.33. The van der Waals surface area contributed by atoms with Gasteiger partial charge in [0.1, 0.15) is 0 Å². The normalized spacial score (nSPS) is 17.1. The van der Waals surface area contributed by atoms with Crippen LogP contribution in [0, 0.1) is 19.8 Å². The lowest BCUT2D eigenvalue weighted by Crippen LogP contribution is -2.46. The molecule has 0 aliphatic carbocycles. The van der Waals surface area contributed by atoms with E-state index in [9.17, 15) is 9.59 Å². The largest absolute Gasteiger partial charge is 0.345 e. The maximum atomic E-state index is 12.9. The van der Waals surface area contributed by atoms with Crippen molar-refractivity contribution < 1.29 is 9.59 Å². The highest BCUT2D eigenvalue weighted by Crippen LogP contribution is 2.22. The first-order valence-corrected chi connectivity index (χ1v) is 10.8. The number of likely N-dealkylation sites (N-methyl/N-ethyl adjacent to an activating group) is 1. The van der Waals surface area contributed by atoms with E-state index < -0.39 is 0 Å². The molecule has 0 radical (unpaired) electrons. The molecule has 1 unspecified atom stereocenters. The third-order valence-corrected chi connectivity index (χ3v) is 6.35. The fourth-order valence-electron chi connectivity index (χ4n) is 3.56. The molecule has 29 heavy (non-hydrogen) atoms. The molecule has 0 bridgehead atoms. The molecule has 2 aromatic heterocycles. The van der Waals surface area contributed by atoms with Crippen LogP contribution in [0.25, 0.3) is 0 Å². The van der Waals surface area contributed by atoms with Crippen LogP contribution in [0.1, 0.15) is 29.0 Å². The Kier molecular flexibility index (Phi) is 7.33. The summed E-state index contributed by atoms with van der Waals surface area (Å²) < 4.78 is 0. The topological polar surface area (TPSA) is 78.4 Å². The molecule has 1 aliphatic heterocycles. The molecule has 1 fully saturated rings. The van der Waals surface area contributed by atoms with E-state index >= 15 is 0 Å². The molecule has 3 heterocycles. The lowest BCUT2D eigenvalue weighted by molar-refractivity contribution is -0.136. The Morgan fingerprint density at radius 1 is 1.31 bits per heavy atom. The van der Waals surface area contributed by atoms with E-state index in [1.807, 2.05) is 37.9 Å². The van der Waals surface area contributed by atoms with Gasteiger partial charge in [-0.1, -0.05) is 0 Å². The summed E-state index contributed by atoms with van der Waals surface area (Å²) in [5.41, 5.74) is 2.12. The molecule has 0 spiro atoms. The van der Waals surface area contributed by atoms with Gasteiger partial charge in [-0.25, -0.2) is 4.98 Å². The molecule has 8 heteroatoms. The average Bonchev–Trinajstić information content (AvgIpc) is 3.03. The molecule has 156 valence electrons. The highest BCUT2D eigenvalue weighted by Gasteiger charge is 2.28. The number of nitrogens with zero attached hydrogens (tertiary/aromatic N) is 4. The summed E-state index contributed by atoms with van der Waals surface area (Å²) in [5.74, 6) is 0.0385. The highest BCUT2D eigenvalue weighted by atomic mass is 32.1. The van der Waals surface area contributed by atoms with Crippen LogP contribution in [-0.2, 0) is 16.0 Å². The number of nitrogens with one attached hydrogen (secondary N) is 1. The van der Waals surface area contributed by atoms with Crippen molar-refractivity contribution in [1.29, 1.82) is 0 Å². The Morgan fingerprint density at radius 3 is 2.76 bits per heavy atom. The standard InChI is InChI=1S/C21H29N5O2S/c1-15-16(2)29-21(23-15)24-19(27)14-26-11-4-5-18(13-26)20(28)25(3)12-8-17-6-9-22-10-7-17/h6-7,9-10,18H,4-5,8,11-14H2,1-3H3,(H,23,24,27). The van der Waals surface area contributed by atoms with Gasteiger partial charge in [-0.05, 0) is 57.4 Å². The molecular weight excluding hydrogens is 386 g/mol. The van der Waals surface area contributed by atoms with Gasteiger partial charge < -0.3 is 10.2 Å². The van der Waals surface area contributed by atoms with Crippen LogP contribution in [0.5, 0.6) is 0 Å². The summed E-state index contributed by atoms with van der Waals surface area (Å²) >= 11 is 1.49. The summed E-state index contributed by atoms with van der Waals surface area (Å²) in [4.78, 5) is 38.6. The first kappa shape index (κ1) is 21.4. The second-order valence-corrected chi connectivity index (χ2v) is 8.85. The maximum Gasteiger partial charge on any atom is 0.240 e. The number of hydrogen-bond donors (Lipinski definition) is 1. The second kappa shape index (κ2) is 9.93. The zero-order chi connectivity index (χ0) is 20.8. The number of piperidine rings is 1. The molecule has 0 saturated carbocycles. The number of thiazole rings is 1. The van der Waals surface area contributed by atoms with Crippen LogP contribution < -0.4 is 5.32 Å². The number of anilines is 1. The summed E-state index contributed by atoms with van der Waals surface area (Å²) in [6.07, 6.45) is 6.17. The first-order chi connectivity index (χ1) is 13.9. The van der Waals surface area contributed by atoms with Gasteiger partial charge in [0.2, 0.25) is 11.8 Å². The zero-order valence-electron chi connectivity index (χ0n) is 17.4. The van der Waals surface area contributed by atoms with Gasteiger partial charge in [0.05, 0.1) is 18.2 Å². The zero-order valence-corrected chi connectivity index (χ0v) is 18.2. The van der Waals surface area contributed by atoms with Crippen LogP contribution in [0.4, 0.5) is 5.13 Å². The smallest absolute Gasteiger partial charge is 0.240 e. The average molecular weight is 416 g/mol. The van der Waals surface area contributed by atoms with E-state index in [2.05, 4.69) is 20.2 Å². The van der Waals surface area contributed by atoms with E-state index in [0.29, 0.717) is 24.8 Å². The molecule has 0 aromatic carbocycles. The van der Waals surface area contributed by atoms with Crippen molar-refractivity contribution in [3.8, 4) is 0 Å².